The first-order valence-electron chi connectivity index (χ1n) is 5.15. The minimum atomic E-state index is -0.149. The van der Waals surface area contributed by atoms with Crippen molar-refractivity contribution in [3.8, 4) is 0 Å². The van der Waals surface area contributed by atoms with E-state index in [2.05, 4.69) is 0 Å². The third-order valence-electron chi connectivity index (χ3n) is 2.47. The van der Waals surface area contributed by atoms with Crippen molar-refractivity contribution in [2.24, 2.45) is 0 Å². The highest BCUT2D eigenvalue weighted by atomic mass is 35.5. The molecule has 0 saturated heterocycles. The van der Waals surface area contributed by atoms with Gasteiger partial charge in [0, 0.05) is 5.56 Å². The number of aryl methyl sites for hydroxylation is 1. The average molecular weight is 265 g/mol. The first kappa shape index (κ1) is 12.2. The van der Waals surface area contributed by atoms with Crippen molar-refractivity contribution in [2.75, 3.05) is 0 Å². The Balaban J connectivity index is 2.51. The zero-order valence-electron chi connectivity index (χ0n) is 9.21. The van der Waals surface area contributed by atoms with Crippen molar-refractivity contribution < 1.29 is 4.79 Å². The zero-order chi connectivity index (χ0) is 12.4. The molecule has 2 rings (SSSR count). The summed E-state index contributed by atoms with van der Waals surface area (Å²) in [5, 5.41) is 0.757. The molecule has 17 heavy (non-hydrogen) atoms. The van der Waals surface area contributed by atoms with Crippen molar-refractivity contribution in [1.29, 1.82) is 0 Å². The van der Waals surface area contributed by atoms with Gasteiger partial charge in [-0.15, -0.1) is 0 Å². The van der Waals surface area contributed by atoms with Gasteiger partial charge in [0.15, 0.2) is 5.78 Å². The van der Waals surface area contributed by atoms with Crippen LogP contribution in [0.3, 0.4) is 0 Å². The molecule has 0 fully saturated rings. The van der Waals surface area contributed by atoms with Gasteiger partial charge in [-0.1, -0.05) is 53.0 Å². The van der Waals surface area contributed by atoms with E-state index in [0.717, 1.165) is 5.56 Å². The monoisotopic (exact) mass is 264 g/mol. The lowest BCUT2D eigenvalue weighted by Gasteiger charge is -2.06. The summed E-state index contributed by atoms with van der Waals surface area (Å²) in [6.45, 7) is 1.94. The highest BCUT2D eigenvalue weighted by Gasteiger charge is 2.16. The van der Waals surface area contributed by atoms with Crippen LogP contribution in [0.5, 0.6) is 0 Å². The maximum atomic E-state index is 12.3. The second-order valence-electron chi connectivity index (χ2n) is 3.80. The van der Waals surface area contributed by atoms with E-state index < -0.39 is 0 Å². The van der Waals surface area contributed by atoms with Crippen molar-refractivity contribution in [3.05, 3.63) is 69.2 Å². The van der Waals surface area contributed by atoms with Crippen LogP contribution < -0.4 is 0 Å². The fraction of sp³-hybridized carbons (Fsp3) is 0.0714. The Hall–Kier alpha value is -1.31. The predicted molar refractivity (Wildman–Crippen MR) is 71.1 cm³/mol. The highest BCUT2D eigenvalue weighted by Crippen LogP contribution is 2.27. The molecule has 0 aromatic heterocycles. The van der Waals surface area contributed by atoms with Gasteiger partial charge >= 0.3 is 0 Å². The van der Waals surface area contributed by atoms with Crippen LogP contribution in [0.2, 0.25) is 10.0 Å². The molecule has 0 aliphatic rings. The molecule has 0 aliphatic heterocycles. The molecule has 2 aromatic carbocycles. The summed E-state index contributed by atoms with van der Waals surface area (Å²) in [4.78, 5) is 12.3. The summed E-state index contributed by atoms with van der Waals surface area (Å²) in [6.07, 6.45) is 0. The van der Waals surface area contributed by atoms with E-state index >= 15 is 0 Å². The Bertz CT molecular complexity index is 556. The van der Waals surface area contributed by atoms with Crippen molar-refractivity contribution in [3.63, 3.8) is 0 Å². The van der Waals surface area contributed by atoms with E-state index in [0.29, 0.717) is 21.2 Å². The molecular weight excluding hydrogens is 255 g/mol. The third kappa shape index (κ3) is 2.51. The molecule has 3 heteroatoms. The minimum absolute atomic E-state index is 0.149. The van der Waals surface area contributed by atoms with Crippen LogP contribution in [0.4, 0.5) is 0 Å². The lowest BCUT2D eigenvalue weighted by Crippen LogP contribution is -2.03. The van der Waals surface area contributed by atoms with Gasteiger partial charge in [-0.25, -0.2) is 0 Å². The number of hydrogen-bond acceptors (Lipinski definition) is 1. The number of rotatable bonds is 2. The fourth-order valence-electron chi connectivity index (χ4n) is 1.65. The Kier molecular flexibility index (Phi) is 3.51. The van der Waals surface area contributed by atoms with Crippen LogP contribution in [0.1, 0.15) is 21.5 Å². The minimum Gasteiger partial charge on any atom is -0.288 e. The quantitative estimate of drug-likeness (QED) is 0.729. The highest BCUT2D eigenvalue weighted by molar-refractivity contribution is 6.41. The van der Waals surface area contributed by atoms with Gasteiger partial charge in [0.05, 0.1) is 15.6 Å². The lowest BCUT2D eigenvalue weighted by atomic mass is 10.0. The molecule has 0 N–H and O–H groups in total. The predicted octanol–water partition coefficient (Wildman–Crippen LogP) is 4.53. The van der Waals surface area contributed by atoms with Crippen molar-refractivity contribution >= 4 is 29.0 Å². The number of carbonyl (C=O) groups is 1. The molecule has 2 aromatic rings. The van der Waals surface area contributed by atoms with Crippen LogP contribution in [0, 0.1) is 6.92 Å². The number of halogens is 2. The molecular formula is C14H10Cl2O. The Morgan fingerprint density at radius 1 is 1.00 bits per heavy atom. The molecule has 0 unspecified atom stereocenters. The van der Waals surface area contributed by atoms with Gasteiger partial charge in [0.1, 0.15) is 0 Å². The van der Waals surface area contributed by atoms with E-state index in [4.69, 9.17) is 23.2 Å². The molecule has 0 radical (unpaired) electrons. The van der Waals surface area contributed by atoms with E-state index in [9.17, 15) is 4.79 Å². The van der Waals surface area contributed by atoms with Crippen LogP contribution in [-0.2, 0) is 0 Å². The van der Waals surface area contributed by atoms with Gasteiger partial charge in [0.2, 0.25) is 0 Å². The molecule has 0 aliphatic carbocycles. The maximum absolute atomic E-state index is 12.3. The summed E-state index contributed by atoms with van der Waals surface area (Å²) >= 11 is 12.0. The van der Waals surface area contributed by atoms with E-state index in [1.165, 1.54) is 0 Å². The number of carbonyl (C=O) groups excluding carboxylic acids is 1. The third-order valence-corrected chi connectivity index (χ3v) is 3.10. The Morgan fingerprint density at radius 3 is 2.18 bits per heavy atom. The van der Waals surface area contributed by atoms with Gasteiger partial charge in [-0.05, 0) is 25.1 Å². The summed E-state index contributed by atoms with van der Waals surface area (Å²) in [5.41, 5.74) is 1.99. The van der Waals surface area contributed by atoms with Crippen LogP contribution >= 0.6 is 23.2 Å². The van der Waals surface area contributed by atoms with Crippen LogP contribution in [0.15, 0.2) is 42.5 Å². The first-order chi connectivity index (χ1) is 8.09. The second-order valence-corrected chi connectivity index (χ2v) is 4.61. The molecule has 0 heterocycles. The molecule has 0 bridgehead atoms. The number of ketones is 1. The topological polar surface area (TPSA) is 17.1 Å². The first-order valence-corrected chi connectivity index (χ1v) is 5.90. The molecule has 0 saturated carbocycles. The van der Waals surface area contributed by atoms with Gasteiger partial charge in [-0.3, -0.25) is 4.79 Å². The summed E-state index contributed by atoms with van der Waals surface area (Å²) in [5.74, 6) is -0.149. The molecule has 86 valence electrons. The van der Waals surface area contributed by atoms with E-state index in [1.54, 1.807) is 24.3 Å². The summed E-state index contributed by atoms with van der Waals surface area (Å²) < 4.78 is 0. The normalized spacial score (nSPS) is 10.3. The van der Waals surface area contributed by atoms with Crippen LogP contribution in [0.25, 0.3) is 0 Å². The van der Waals surface area contributed by atoms with Crippen molar-refractivity contribution in [2.45, 2.75) is 6.92 Å². The van der Waals surface area contributed by atoms with E-state index in [-0.39, 0.29) is 5.78 Å². The summed E-state index contributed by atoms with van der Waals surface area (Å²) in [7, 11) is 0. The average Bonchev–Trinajstić information content (AvgIpc) is 2.28. The molecule has 0 spiro atoms. The molecule has 0 amide bonds. The van der Waals surface area contributed by atoms with E-state index in [1.807, 2.05) is 25.1 Å². The zero-order valence-corrected chi connectivity index (χ0v) is 10.7. The Labute approximate surface area is 110 Å². The molecule has 0 atom stereocenters. The number of hydrogen-bond donors (Lipinski definition) is 0. The standard InChI is InChI=1S/C14H10Cl2O/c1-9-4-2-5-10(8-9)14(17)13-11(15)6-3-7-12(13)16/h2-8H,1H3. The van der Waals surface area contributed by atoms with Crippen molar-refractivity contribution in [1.82, 2.24) is 0 Å². The Morgan fingerprint density at radius 2 is 1.59 bits per heavy atom. The van der Waals surface area contributed by atoms with Gasteiger partial charge in [-0.2, -0.15) is 0 Å². The molecule has 1 nitrogen and oxygen atoms in total. The SMILES string of the molecule is Cc1cccc(C(=O)c2c(Cl)cccc2Cl)c1. The number of benzene rings is 2. The van der Waals surface area contributed by atoms with Gasteiger partial charge < -0.3 is 0 Å². The smallest absolute Gasteiger partial charge is 0.196 e. The lowest BCUT2D eigenvalue weighted by molar-refractivity contribution is 0.103. The van der Waals surface area contributed by atoms with Gasteiger partial charge in [0.25, 0.3) is 0 Å². The fourth-order valence-corrected chi connectivity index (χ4v) is 2.21. The van der Waals surface area contributed by atoms with Crippen LogP contribution in [-0.4, -0.2) is 5.78 Å². The summed E-state index contributed by atoms with van der Waals surface area (Å²) in [6, 6.07) is 12.4. The largest absolute Gasteiger partial charge is 0.288 e. The maximum Gasteiger partial charge on any atom is 0.196 e. The second kappa shape index (κ2) is 4.91.